The topological polar surface area (TPSA) is 58.6 Å². The SMILES string of the molecule is COc1cccc(N2CC(NC(=O)c3cccc(C(F)(F)F)c3)CC2=O)c1. The predicted octanol–water partition coefficient (Wildman–Crippen LogP) is 3.25. The molecule has 1 unspecified atom stereocenters. The van der Waals surface area contributed by atoms with Crippen LogP contribution >= 0.6 is 0 Å². The Morgan fingerprint density at radius 1 is 1.19 bits per heavy atom. The molecule has 27 heavy (non-hydrogen) atoms. The van der Waals surface area contributed by atoms with Crippen molar-refractivity contribution in [2.24, 2.45) is 0 Å². The van der Waals surface area contributed by atoms with E-state index in [0.29, 0.717) is 11.4 Å². The normalized spacial score (nSPS) is 17.1. The van der Waals surface area contributed by atoms with Crippen LogP contribution in [-0.2, 0) is 11.0 Å². The van der Waals surface area contributed by atoms with E-state index in [0.717, 1.165) is 12.1 Å². The van der Waals surface area contributed by atoms with Gasteiger partial charge in [-0.05, 0) is 30.3 Å². The van der Waals surface area contributed by atoms with Crippen molar-refractivity contribution >= 4 is 17.5 Å². The number of carbonyl (C=O) groups excluding carboxylic acids is 2. The predicted molar refractivity (Wildman–Crippen MR) is 92.7 cm³/mol. The van der Waals surface area contributed by atoms with Crippen LogP contribution in [0.2, 0.25) is 0 Å². The summed E-state index contributed by atoms with van der Waals surface area (Å²) in [4.78, 5) is 26.1. The Hall–Kier alpha value is -3.03. The molecule has 2 aromatic rings. The van der Waals surface area contributed by atoms with Crippen LogP contribution in [0.5, 0.6) is 5.75 Å². The molecule has 8 heteroatoms. The third-order valence-electron chi connectivity index (χ3n) is 4.28. The monoisotopic (exact) mass is 378 g/mol. The number of amides is 2. The molecular formula is C19H17F3N2O3. The number of hydrogen-bond donors (Lipinski definition) is 1. The van der Waals surface area contributed by atoms with Gasteiger partial charge in [-0.2, -0.15) is 13.2 Å². The van der Waals surface area contributed by atoms with Crippen LogP contribution in [0.3, 0.4) is 0 Å². The summed E-state index contributed by atoms with van der Waals surface area (Å²) in [5.41, 5.74) is -0.358. The smallest absolute Gasteiger partial charge is 0.416 e. The summed E-state index contributed by atoms with van der Waals surface area (Å²) in [6.45, 7) is 0.233. The number of methoxy groups -OCH3 is 1. The summed E-state index contributed by atoms with van der Waals surface area (Å²) in [7, 11) is 1.52. The molecule has 5 nitrogen and oxygen atoms in total. The number of hydrogen-bond acceptors (Lipinski definition) is 3. The molecule has 1 N–H and O–H groups in total. The lowest BCUT2D eigenvalue weighted by molar-refractivity contribution is -0.137. The quantitative estimate of drug-likeness (QED) is 0.889. The van der Waals surface area contributed by atoms with Gasteiger partial charge in [0, 0.05) is 30.3 Å². The molecule has 142 valence electrons. The number of nitrogens with one attached hydrogen (secondary N) is 1. The fourth-order valence-electron chi connectivity index (χ4n) is 2.94. The van der Waals surface area contributed by atoms with Gasteiger partial charge >= 0.3 is 6.18 Å². The first-order chi connectivity index (χ1) is 12.8. The zero-order valence-corrected chi connectivity index (χ0v) is 14.4. The van der Waals surface area contributed by atoms with Crippen molar-refractivity contribution in [1.82, 2.24) is 5.32 Å². The van der Waals surface area contributed by atoms with Crippen LogP contribution in [0.1, 0.15) is 22.3 Å². The Bertz CT molecular complexity index is 867. The van der Waals surface area contributed by atoms with Crippen molar-refractivity contribution in [3.05, 3.63) is 59.7 Å². The van der Waals surface area contributed by atoms with Gasteiger partial charge in [0.25, 0.3) is 5.91 Å². The maximum absolute atomic E-state index is 12.8. The van der Waals surface area contributed by atoms with E-state index >= 15 is 0 Å². The van der Waals surface area contributed by atoms with Crippen molar-refractivity contribution in [3.63, 3.8) is 0 Å². The van der Waals surface area contributed by atoms with E-state index in [2.05, 4.69) is 5.32 Å². The van der Waals surface area contributed by atoms with Gasteiger partial charge in [-0.15, -0.1) is 0 Å². The number of alkyl halides is 3. The van der Waals surface area contributed by atoms with Crippen molar-refractivity contribution in [2.75, 3.05) is 18.6 Å². The van der Waals surface area contributed by atoms with Gasteiger partial charge in [0.2, 0.25) is 5.91 Å². The van der Waals surface area contributed by atoms with E-state index in [9.17, 15) is 22.8 Å². The number of carbonyl (C=O) groups is 2. The molecule has 2 aromatic carbocycles. The average Bonchev–Trinajstić information content (AvgIpc) is 3.01. The van der Waals surface area contributed by atoms with Crippen molar-refractivity contribution < 1.29 is 27.5 Å². The number of benzene rings is 2. The number of anilines is 1. The van der Waals surface area contributed by atoms with Gasteiger partial charge in [0.05, 0.1) is 18.7 Å². The maximum atomic E-state index is 12.8. The molecule has 2 amide bonds. The van der Waals surface area contributed by atoms with Crippen LogP contribution < -0.4 is 15.0 Å². The molecular weight excluding hydrogens is 361 g/mol. The van der Waals surface area contributed by atoms with E-state index in [1.165, 1.54) is 24.1 Å². The molecule has 1 saturated heterocycles. The van der Waals surface area contributed by atoms with E-state index in [4.69, 9.17) is 4.74 Å². The standard InChI is InChI=1S/C19H17F3N2O3/c1-27-16-7-3-6-15(10-16)24-11-14(9-17(24)25)23-18(26)12-4-2-5-13(8-12)19(20,21)22/h2-8,10,14H,9,11H2,1H3,(H,23,26). The number of halogens is 3. The highest BCUT2D eigenvalue weighted by atomic mass is 19.4. The van der Waals surface area contributed by atoms with E-state index < -0.39 is 23.7 Å². The van der Waals surface area contributed by atoms with Crippen LogP contribution in [0.4, 0.5) is 18.9 Å². The Kier molecular flexibility index (Phi) is 5.07. The van der Waals surface area contributed by atoms with Gasteiger partial charge in [-0.1, -0.05) is 12.1 Å². The highest BCUT2D eigenvalue weighted by molar-refractivity contribution is 5.99. The molecule has 1 aliphatic rings. The lowest BCUT2D eigenvalue weighted by Crippen LogP contribution is -2.37. The first-order valence-corrected chi connectivity index (χ1v) is 8.20. The highest BCUT2D eigenvalue weighted by Gasteiger charge is 2.33. The summed E-state index contributed by atoms with van der Waals surface area (Å²) in [5.74, 6) is -0.235. The zero-order chi connectivity index (χ0) is 19.6. The van der Waals surface area contributed by atoms with Crippen LogP contribution in [0.15, 0.2) is 48.5 Å². The first kappa shape index (κ1) is 18.8. The van der Waals surface area contributed by atoms with Gasteiger partial charge in [-0.3, -0.25) is 9.59 Å². The van der Waals surface area contributed by atoms with Crippen LogP contribution in [-0.4, -0.2) is 31.5 Å². The van der Waals surface area contributed by atoms with E-state index in [-0.39, 0.29) is 24.4 Å². The van der Waals surface area contributed by atoms with Crippen LogP contribution in [0.25, 0.3) is 0 Å². The molecule has 3 rings (SSSR count). The van der Waals surface area contributed by atoms with Gasteiger partial charge < -0.3 is 15.0 Å². The third-order valence-corrected chi connectivity index (χ3v) is 4.28. The second-order valence-electron chi connectivity index (χ2n) is 6.16. The minimum absolute atomic E-state index is 0.0713. The van der Waals surface area contributed by atoms with E-state index in [1.54, 1.807) is 24.3 Å². The molecule has 0 aliphatic carbocycles. The molecule has 0 aromatic heterocycles. The average molecular weight is 378 g/mol. The minimum Gasteiger partial charge on any atom is -0.497 e. The van der Waals surface area contributed by atoms with Crippen molar-refractivity contribution in [2.45, 2.75) is 18.6 Å². The van der Waals surface area contributed by atoms with Gasteiger partial charge in [0.15, 0.2) is 0 Å². The summed E-state index contributed by atoms with van der Waals surface area (Å²) in [6, 6.07) is 10.6. The Morgan fingerprint density at radius 2 is 1.93 bits per heavy atom. The first-order valence-electron chi connectivity index (χ1n) is 8.20. The molecule has 0 saturated carbocycles. The molecule has 1 atom stereocenters. The van der Waals surface area contributed by atoms with E-state index in [1.807, 2.05) is 0 Å². The fraction of sp³-hybridized carbons (Fsp3) is 0.263. The second-order valence-corrected chi connectivity index (χ2v) is 6.16. The molecule has 1 aliphatic heterocycles. The van der Waals surface area contributed by atoms with Gasteiger partial charge in [-0.25, -0.2) is 0 Å². The minimum atomic E-state index is -4.53. The number of ether oxygens (including phenoxy) is 1. The molecule has 0 radical (unpaired) electrons. The van der Waals surface area contributed by atoms with Crippen LogP contribution in [0, 0.1) is 0 Å². The number of rotatable bonds is 4. The maximum Gasteiger partial charge on any atom is 0.416 e. The lowest BCUT2D eigenvalue weighted by atomic mass is 10.1. The molecule has 1 heterocycles. The zero-order valence-electron chi connectivity index (χ0n) is 14.4. The summed E-state index contributed by atoms with van der Waals surface area (Å²) in [6.07, 6.45) is -4.45. The van der Waals surface area contributed by atoms with Gasteiger partial charge in [0.1, 0.15) is 5.75 Å². The molecule has 0 spiro atoms. The third kappa shape index (κ3) is 4.21. The Morgan fingerprint density at radius 3 is 2.63 bits per heavy atom. The van der Waals surface area contributed by atoms with Crippen molar-refractivity contribution in [1.29, 1.82) is 0 Å². The Labute approximate surface area is 153 Å². The lowest BCUT2D eigenvalue weighted by Gasteiger charge is -2.18. The molecule has 1 fully saturated rings. The number of nitrogens with zero attached hydrogens (tertiary/aromatic N) is 1. The summed E-state index contributed by atoms with van der Waals surface area (Å²) in [5, 5.41) is 2.63. The fourth-order valence-corrected chi connectivity index (χ4v) is 2.94. The summed E-state index contributed by atoms with van der Waals surface area (Å²) < 4.78 is 43.5. The highest BCUT2D eigenvalue weighted by Crippen LogP contribution is 2.30. The Balaban J connectivity index is 1.70. The summed E-state index contributed by atoms with van der Waals surface area (Å²) >= 11 is 0. The second kappa shape index (κ2) is 7.30. The van der Waals surface area contributed by atoms with Crippen molar-refractivity contribution in [3.8, 4) is 5.75 Å². The molecule has 0 bridgehead atoms. The largest absolute Gasteiger partial charge is 0.497 e.